The number of amides is 1. The van der Waals surface area contributed by atoms with Crippen molar-refractivity contribution >= 4 is 16.9 Å². The van der Waals surface area contributed by atoms with Crippen molar-refractivity contribution in [2.45, 2.75) is 38.3 Å². The number of rotatable bonds is 3. The highest BCUT2D eigenvalue weighted by Crippen LogP contribution is 2.22. The van der Waals surface area contributed by atoms with E-state index in [1.54, 1.807) is 16.2 Å². The number of nitrogens with zero attached hydrogens (tertiary/aromatic N) is 3. The first kappa shape index (κ1) is 13.9. The molecule has 0 unspecified atom stereocenters. The molecule has 21 heavy (non-hydrogen) atoms. The number of carbonyl (C=O) groups is 1. The third-order valence-electron chi connectivity index (χ3n) is 4.61. The molecule has 2 aromatic rings. The lowest BCUT2D eigenvalue weighted by Gasteiger charge is -2.24. The number of hydrogen-bond donors (Lipinski definition) is 0. The van der Waals surface area contributed by atoms with E-state index in [2.05, 4.69) is 0 Å². The van der Waals surface area contributed by atoms with Crippen LogP contribution >= 0.6 is 0 Å². The van der Waals surface area contributed by atoms with Gasteiger partial charge in [0, 0.05) is 20.1 Å². The Labute approximate surface area is 123 Å². The highest BCUT2D eigenvalue weighted by Gasteiger charge is 2.24. The zero-order chi connectivity index (χ0) is 15.0. The standard InChI is InChI=1S/C16H21N3O2/c1-17(12-7-3-4-8-12)15(20)11-19-14-10-6-5-9-13(14)18(2)16(19)21/h5-6,9-10,12H,3-4,7-8,11H2,1-2H3. The van der Waals surface area contributed by atoms with E-state index in [4.69, 9.17) is 0 Å². The van der Waals surface area contributed by atoms with Gasteiger partial charge in [-0.3, -0.25) is 13.9 Å². The molecule has 1 heterocycles. The lowest BCUT2D eigenvalue weighted by molar-refractivity contribution is -0.132. The second-order valence-electron chi connectivity index (χ2n) is 5.86. The van der Waals surface area contributed by atoms with Crippen LogP contribution in [0.4, 0.5) is 0 Å². The lowest BCUT2D eigenvalue weighted by Crippen LogP contribution is -2.39. The van der Waals surface area contributed by atoms with Crippen LogP contribution in [0, 0.1) is 0 Å². The summed E-state index contributed by atoms with van der Waals surface area (Å²) in [6, 6.07) is 7.92. The van der Waals surface area contributed by atoms with E-state index in [0.717, 1.165) is 23.9 Å². The van der Waals surface area contributed by atoms with Crippen LogP contribution in [-0.2, 0) is 18.4 Å². The molecule has 0 bridgehead atoms. The highest BCUT2D eigenvalue weighted by atomic mass is 16.2. The average molecular weight is 287 g/mol. The fourth-order valence-corrected chi connectivity index (χ4v) is 3.26. The average Bonchev–Trinajstić information content (AvgIpc) is 3.11. The van der Waals surface area contributed by atoms with E-state index in [0.29, 0.717) is 6.04 Å². The molecule has 112 valence electrons. The van der Waals surface area contributed by atoms with Crippen LogP contribution in [0.2, 0.25) is 0 Å². The first-order valence-corrected chi connectivity index (χ1v) is 7.49. The summed E-state index contributed by atoms with van der Waals surface area (Å²) in [4.78, 5) is 26.6. The van der Waals surface area contributed by atoms with Crippen LogP contribution in [0.3, 0.4) is 0 Å². The molecule has 1 aliphatic carbocycles. The first-order chi connectivity index (χ1) is 10.1. The molecule has 1 aromatic heterocycles. The Kier molecular flexibility index (Phi) is 3.57. The number of likely N-dealkylation sites (N-methyl/N-ethyl adjacent to an activating group) is 1. The van der Waals surface area contributed by atoms with Gasteiger partial charge in [-0.15, -0.1) is 0 Å². The predicted molar refractivity (Wildman–Crippen MR) is 82.2 cm³/mol. The van der Waals surface area contributed by atoms with Gasteiger partial charge in [0.2, 0.25) is 5.91 Å². The summed E-state index contributed by atoms with van der Waals surface area (Å²) in [6.45, 7) is 0.118. The van der Waals surface area contributed by atoms with Gasteiger partial charge in [0.1, 0.15) is 6.54 Å². The Morgan fingerprint density at radius 2 is 1.86 bits per heavy atom. The first-order valence-electron chi connectivity index (χ1n) is 7.49. The van der Waals surface area contributed by atoms with E-state index < -0.39 is 0 Å². The summed E-state index contributed by atoms with van der Waals surface area (Å²) in [5.41, 5.74) is 1.54. The second-order valence-corrected chi connectivity index (χ2v) is 5.86. The molecular formula is C16H21N3O2. The Bertz CT molecular complexity index is 723. The second kappa shape index (κ2) is 5.39. The van der Waals surface area contributed by atoms with Gasteiger partial charge in [0.25, 0.3) is 0 Å². The zero-order valence-electron chi connectivity index (χ0n) is 12.6. The normalized spacial score (nSPS) is 15.7. The van der Waals surface area contributed by atoms with Crippen molar-refractivity contribution in [3.63, 3.8) is 0 Å². The Hall–Kier alpha value is -2.04. The maximum atomic E-state index is 12.5. The van der Waals surface area contributed by atoms with Gasteiger partial charge in [0.05, 0.1) is 11.0 Å². The van der Waals surface area contributed by atoms with E-state index in [-0.39, 0.29) is 18.1 Å². The largest absolute Gasteiger partial charge is 0.341 e. The maximum Gasteiger partial charge on any atom is 0.329 e. The molecule has 0 saturated heterocycles. The third kappa shape index (κ3) is 2.37. The van der Waals surface area contributed by atoms with Crippen molar-refractivity contribution in [3.8, 4) is 0 Å². The van der Waals surface area contributed by atoms with Crippen LogP contribution in [0.15, 0.2) is 29.1 Å². The fraction of sp³-hybridized carbons (Fsp3) is 0.500. The fourth-order valence-electron chi connectivity index (χ4n) is 3.26. The summed E-state index contributed by atoms with van der Waals surface area (Å²) < 4.78 is 3.17. The topological polar surface area (TPSA) is 47.2 Å². The van der Waals surface area contributed by atoms with Crippen LogP contribution in [0.25, 0.3) is 11.0 Å². The van der Waals surface area contributed by atoms with Gasteiger partial charge >= 0.3 is 5.69 Å². The summed E-state index contributed by atoms with van der Waals surface area (Å²) in [5, 5.41) is 0. The van der Waals surface area contributed by atoms with Crippen LogP contribution in [0.1, 0.15) is 25.7 Å². The van der Waals surface area contributed by atoms with Crippen LogP contribution in [0.5, 0.6) is 0 Å². The van der Waals surface area contributed by atoms with Gasteiger partial charge < -0.3 is 4.90 Å². The number of carbonyl (C=O) groups excluding carboxylic acids is 1. The minimum absolute atomic E-state index is 0.0142. The minimum atomic E-state index is -0.135. The molecule has 0 radical (unpaired) electrons. The summed E-state index contributed by atoms with van der Waals surface area (Å²) >= 11 is 0. The molecule has 0 spiro atoms. The van der Waals surface area contributed by atoms with Crippen molar-refractivity contribution in [2.24, 2.45) is 7.05 Å². The smallest absolute Gasteiger partial charge is 0.329 e. The molecule has 5 heteroatoms. The van der Waals surface area contributed by atoms with E-state index in [9.17, 15) is 9.59 Å². The Balaban J connectivity index is 1.89. The molecule has 1 saturated carbocycles. The number of benzene rings is 1. The molecule has 0 aliphatic heterocycles. The molecule has 0 N–H and O–H groups in total. The Morgan fingerprint density at radius 3 is 2.52 bits per heavy atom. The molecule has 1 aromatic carbocycles. The minimum Gasteiger partial charge on any atom is -0.341 e. The van der Waals surface area contributed by atoms with Gasteiger partial charge in [-0.2, -0.15) is 0 Å². The van der Waals surface area contributed by atoms with Crippen molar-refractivity contribution in [1.82, 2.24) is 14.0 Å². The number of aromatic nitrogens is 2. The third-order valence-corrected chi connectivity index (χ3v) is 4.61. The molecule has 5 nitrogen and oxygen atoms in total. The van der Waals surface area contributed by atoms with Crippen molar-refractivity contribution in [3.05, 3.63) is 34.7 Å². The molecule has 1 aliphatic rings. The summed E-state index contributed by atoms with van der Waals surface area (Å²) in [7, 11) is 3.60. The highest BCUT2D eigenvalue weighted by molar-refractivity contribution is 5.81. The lowest BCUT2D eigenvalue weighted by atomic mass is 10.2. The summed E-state index contributed by atoms with van der Waals surface area (Å²) in [6.07, 6.45) is 4.53. The number of aryl methyl sites for hydroxylation is 1. The van der Waals surface area contributed by atoms with Crippen molar-refractivity contribution in [2.75, 3.05) is 7.05 Å². The van der Waals surface area contributed by atoms with Crippen molar-refractivity contribution < 1.29 is 4.79 Å². The van der Waals surface area contributed by atoms with E-state index >= 15 is 0 Å². The molecule has 1 amide bonds. The molecule has 0 atom stereocenters. The van der Waals surface area contributed by atoms with Gasteiger partial charge in [0.15, 0.2) is 0 Å². The maximum absolute atomic E-state index is 12.5. The van der Waals surface area contributed by atoms with E-state index in [1.165, 1.54) is 12.8 Å². The van der Waals surface area contributed by atoms with Gasteiger partial charge in [-0.05, 0) is 25.0 Å². The van der Waals surface area contributed by atoms with Crippen LogP contribution in [-0.4, -0.2) is 33.0 Å². The monoisotopic (exact) mass is 287 g/mol. The Morgan fingerprint density at radius 1 is 1.24 bits per heavy atom. The molecular weight excluding hydrogens is 266 g/mol. The number of para-hydroxylation sites is 2. The predicted octanol–water partition coefficient (Wildman–Crippen LogP) is 1.74. The van der Waals surface area contributed by atoms with Gasteiger partial charge in [-0.25, -0.2) is 4.79 Å². The van der Waals surface area contributed by atoms with Crippen LogP contribution < -0.4 is 5.69 Å². The number of fused-ring (bicyclic) bond motifs is 1. The van der Waals surface area contributed by atoms with E-state index in [1.807, 2.05) is 36.2 Å². The number of hydrogen-bond acceptors (Lipinski definition) is 2. The number of imidazole rings is 1. The quantitative estimate of drug-likeness (QED) is 0.863. The summed E-state index contributed by atoms with van der Waals surface area (Å²) in [5.74, 6) is 0.0142. The zero-order valence-corrected chi connectivity index (χ0v) is 12.6. The molecule has 3 rings (SSSR count). The van der Waals surface area contributed by atoms with Crippen molar-refractivity contribution in [1.29, 1.82) is 0 Å². The van der Waals surface area contributed by atoms with Gasteiger partial charge in [-0.1, -0.05) is 25.0 Å². The SMILES string of the molecule is CN(C(=O)Cn1c(=O)n(C)c2ccccc21)C1CCCC1. The molecule has 1 fully saturated rings.